The number of hydrogen-bond acceptors (Lipinski definition) is 2. The van der Waals surface area contributed by atoms with Gasteiger partial charge in [-0.1, -0.05) is 18.2 Å². The fourth-order valence-corrected chi connectivity index (χ4v) is 2.78. The molecule has 1 aliphatic heterocycles. The highest BCUT2D eigenvalue weighted by molar-refractivity contribution is 5.67. The molecule has 1 heterocycles. The summed E-state index contributed by atoms with van der Waals surface area (Å²) in [6.45, 7) is 2.78. The van der Waals surface area contributed by atoms with Crippen molar-refractivity contribution in [3.05, 3.63) is 35.6 Å². The largest absolute Gasteiger partial charge is 0.481 e. The Morgan fingerprint density at radius 2 is 2.28 bits per heavy atom. The third-order valence-electron chi connectivity index (χ3n) is 3.69. The van der Waals surface area contributed by atoms with Crippen LogP contribution in [0.3, 0.4) is 0 Å². The number of carboxylic acids is 1. The van der Waals surface area contributed by atoms with Crippen molar-refractivity contribution in [3.63, 3.8) is 0 Å². The van der Waals surface area contributed by atoms with E-state index in [0.29, 0.717) is 5.56 Å². The van der Waals surface area contributed by atoms with Gasteiger partial charge >= 0.3 is 5.97 Å². The fourth-order valence-electron chi connectivity index (χ4n) is 2.78. The summed E-state index contributed by atoms with van der Waals surface area (Å²) in [5.74, 6) is -1.00. The van der Waals surface area contributed by atoms with Gasteiger partial charge in [-0.05, 0) is 32.4 Å². The Morgan fingerprint density at radius 1 is 1.56 bits per heavy atom. The Balaban J connectivity index is 2.15. The molecule has 2 atom stereocenters. The molecule has 1 N–H and O–H groups in total. The Hall–Kier alpha value is -1.42. The van der Waals surface area contributed by atoms with Gasteiger partial charge in [-0.25, -0.2) is 4.39 Å². The number of hydrogen-bond donors (Lipinski definition) is 1. The Morgan fingerprint density at radius 3 is 2.94 bits per heavy atom. The van der Waals surface area contributed by atoms with E-state index in [2.05, 4.69) is 4.90 Å². The van der Waals surface area contributed by atoms with Gasteiger partial charge in [0.15, 0.2) is 0 Å². The maximum Gasteiger partial charge on any atom is 0.304 e. The molecule has 2 rings (SSSR count). The minimum absolute atomic E-state index is 0.0251. The van der Waals surface area contributed by atoms with Gasteiger partial charge in [-0.2, -0.15) is 0 Å². The van der Waals surface area contributed by atoms with Gasteiger partial charge in [-0.3, -0.25) is 9.69 Å². The minimum atomic E-state index is -0.785. The SMILES string of the molecule is CC(c1ccccc1F)N1CCCC1CC(=O)O. The van der Waals surface area contributed by atoms with Crippen LogP contribution < -0.4 is 0 Å². The van der Waals surface area contributed by atoms with E-state index in [1.807, 2.05) is 13.0 Å². The zero-order valence-electron chi connectivity index (χ0n) is 10.5. The van der Waals surface area contributed by atoms with Gasteiger partial charge in [0.05, 0.1) is 6.42 Å². The van der Waals surface area contributed by atoms with Crippen molar-refractivity contribution in [2.24, 2.45) is 0 Å². The van der Waals surface area contributed by atoms with Crippen molar-refractivity contribution >= 4 is 5.97 Å². The van der Waals surface area contributed by atoms with Gasteiger partial charge in [-0.15, -0.1) is 0 Å². The maximum absolute atomic E-state index is 13.7. The Kier molecular flexibility index (Phi) is 3.97. The molecule has 18 heavy (non-hydrogen) atoms. The summed E-state index contributed by atoms with van der Waals surface area (Å²) in [5, 5.41) is 8.90. The van der Waals surface area contributed by atoms with Crippen LogP contribution in [0.2, 0.25) is 0 Å². The molecule has 0 spiro atoms. The molecule has 0 aromatic heterocycles. The van der Waals surface area contributed by atoms with Crippen LogP contribution in [0.4, 0.5) is 4.39 Å². The molecule has 1 fully saturated rings. The summed E-state index contributed by atoms with van der Waals surface area (Å²) in [6, 6.07) is 6.67. The monoisotopic (exact) mass is 251 g/mol. The number of carboxylic acid groups (broad SMARTS) is 1. The standard InChI is InChI=1S/C14H18FNO2/c1-10(12-6-2-3-7-13(12)15)16-8-4-5-11(16)9-14(17)18/h2-3,6-7,10-11H,4-5,8-9H2,1H3,(H,17,18). The van der Waals surface area contributed by atoms with Crippen LogP contribution in [0.5, 0.6) is 0 Å². The molecule has 0 saturated carbocycles. The third-order valence-corrected chi connectivity index (χ3v) is 3.69. The van der Waals surface area contributed by atoms with Crippen LogP contribution in [0, 0.1) is 5.82 Å². The quantitative estimate of drug-likeness (QED) is 0.894. The molecule has 0 radical (unpaired) electrons. The van der Waals surface area contributed by atoms with Gasteiger partial charge in [0.1, 0.15) is 5.82 Å². The number of benzene rings is 1. The summed E-state index contributed by atoms with van der Waals surface area (Å²) >= 11 is 0. The van der Waals surface area contributed by atoms with E-state index >= 15 is 0 Å². The second kappa shape index (κ2) is 5.48. The Labute approximate surface area is 106 Å². The minimum Gasteiger partial charge on any atom is -0.481 e. The second-order valence-electron chi connectivity index (χ2n) is 4.83. The molecule has 3 nitrogen and oxygen atoms in total. The molecule has 4 heteroatoms. The van der Waals surface area contributed by atoms with E-state index in [9.17, 15) is 9.18 Å². The van der Waals surface area contributed by atoms with Gasteiger partial charge in [0.2, 0.25) is 0 Å². The first kappa shape index (κ1) is 13.0. The van der Waals surface area contributed by atoms with Gasteiger partial charge in [0.25, 0.3) is 0 Å². The first-order chi connectivity index (χ1) is 8.59. The molecule has 0 amide bonds. The lowest BCUT2D eigenvalue weighted by atomic mass is 10.0. The smallest absolute Gasteiger partial charge is 0.304 e. The van der Waals surface area contributed by atoms with Crippen LogP contribution in [-0.4, -0.2) is 28.6 Å². The third kappa shape index (κ3) is 2.70. The van der Waals surface area contributed by atoms with Crippen LogP contribution in [-0.2, 0) is 4.79 Å². The van der Waals surface area contributed by atoms with Crippen molar-refractivity contribution in [2.75, 3.05) is 6.54 Å². The van der Waals surface area contributed by atoms with Crippen molar-refractivity contribution in [3.8, 4) is 0 Å². The summed E-state index contributed by atoms with van der Waals surface area (Å²) < 4.78 is 13.7. The first-order valence-corrected chi connectivity index (χ1v) is 6.31. The van der Waals surface area contributed by atoms with E-state index < -0.39 is 5.97 Å². The number of carbonyl (C=O) groups is 1. The van der Waals surface area contributed by atoms with E-state index in [1.165, 1.54) is 6.07 Å². The lowest BCUT2D eigenvalue weighted by Gasteiger charge is -2.30. The number of aliphatic carboxylic acids is 1. The number of nitrogens with zero attached hydrogens (tertiary/aromatic N) is 1. The summed E-state index contributed by atoms with van der Waals surface area (Å²) in [7, 11) is 0. The lowest BCUT2D eigenvalue weighted by Crippen LogP contribution is -2.34. The lowest BCUT2D eigenvalue weighted by molar-refractivity contribution is -0.138. The van der Waals surface area contributed by atoms with Gasteiger partial charge < -0.3 is 5.11 Å². The zero-order chi connectivity index (χ0) is 13.1. The number of halogens is 1. The van der Waals surface area contributed by atoms with Gasteiger partial charge in [0, 0.05) is 17.6 Å². The van der Waals surface area contributed by atoms with Crippen LogP contribution in [0.15, 0.2) is 24.3 Å². The molecule has 1 saturated heterocycles. The van der Waals surface area contributed by atoms with Crippen LogP contribution >= 0.6 is 0 Å². The Bertz CT molecular complexity index is 436. The molecule has 1 aliphatic rings. The highest BCUT2D eigenvalue weighted by Gasteiger charge is 2.31. The summed E-state index contributed by atoms with van der Waals surface area (Å²) in [5.41, 5.74) is 0.648. The molecule has 2 unspecified atom stereocenters. The van der Waals surface area contributed by atoms with Crippen molar-refractivity contribution in [1.29, 1.82) is 0 Å². The van der Waals surface area contributed by atoms with E-state index in [4.69, 9.17) is 5.11 Å². The number of likely N-dealkylation sites (tertiary alicyclic amines) is 1. The molecule has 1 aromatic carbocycles. The van der Waals surface area contributed by atoms with Crippen molar-refractivity contribution < 1.29 is 14.3 Å². The first-order valence-electron chi connectivity index (χ1n) is 6.31. The van der Waals surface area contributed by atoms with Crippen LogP contribution in [0.1, 0.15) is 37.8 Å². The van der Waals surface area contributed by atoms with Crippen molar-refractivity contribution in [2.45, 2.75) is 38.3 Å². The summed E-state index contributed by atoms with van der Waals surface area (Å²) in [6.07, 6.45) is 2.00. The van der Waals surface area contributed by atoms with E-state index in [-0.39, 0.29) is 24.3 Å². The molecular weight excluding hydrogens is 233 g/mol. The fraction of sp³-hybridized carbons (Fsp3) is 0.500. The topological polar surface area (TPSA) is 40.5 Å². The molecular formula is C14H18FNO2. The maximum atomic E-state index is 13.7. The normalized spacial score (nSPS) is 22.0. The van der Waals surface area contributed by atoms with E-state index in [1.54, 1.807) is 12.1 Å². The highest BCUT2D eigenvalue weighted by Crippen LogP contribution is 2.31. The predicted octanol–water partition coefficient (Wildman–Crippen LogP) is 2.83. The van der Waals surface area contributed by atoms with E-state index in [0.717, 1.165) is 19.4 Å². The predicted molar refractivity (Wildman–Crippen MR) is 66.8 cm³/mol. The molecule has 0 bridgehead atoms. The molecule has 0 aliphatic carbocycles. The average Bonchev–Trinajstić information content (AvgIpc) is 2.76. The van der Waals surface area contributed by atoms with Crippen molar-refractivity contribution in [1.82, 2.24) is 4.90 Å². The van der Waals surface area contributed by atoms with Crippen LogP contribution in [0.25, 0.3) is 0 Å². The second-order valence-corrected chi connectivity index (χ2v) is 4.83. The zero-order valence-corrected chi connectivity index (χ0v) is 10.5. The number of rotatable bonds is 4. The highest BCUT2D eigenvalue weighted by atomic mass is 19.1. The molecule has 1 aromatic rings. The summed E-state index contributed by atoms with van der Waals surface area (Å²) in [4.78, 5) is 12.9. The average molecular weight is 251 g/mol. The molecule has 98 valence electrons.